The lowest BCUT2D eigenvalue weighted by Crippen LogP contribution is -2.37. The van der Waals surface area contributed by atoms with Crippen LogP contribution >= 0.6 is 0 Å². The number of nitrogens with zero attached hydrogens (tertiary/aromatic N) is 4. The maximum absolute atomic E-state index is 8.02. The van der Waals surface area contributed by atoms with Gasteiger partial charge in [0, 0.05) is 11.5 Å². The minimum absolute atomic E-state index is 0.366. The van der Waals surface area contributed by atoms with Crippen LogP contribution in [0.25, 0.3) is 10.4 Å². The van der Waals surface area contributed by atoms with Crippen molar-refractivity contribution in [2.45, 2.75) is 0 Å². The Morgan fingerprint density at radius 2 is 1.39 bits per heavy atom. The number of hydrogen-bond donors (Lipinski definition) is 0. The van der Waals surface area contributed by atoms with E-state index in [2.05, 4.69) is 31.2 Å². The van der Waals surface area contributed by atoms with Crippen molar-refractivity contribution in [1.29, 1.82) is 0 Å². The molecule has 0 heterocycles. The Hall–Kier alpha value is -0.850. The summed E-state index contributed by atoms with van der Waals surface area (Å²) in [6.45, 7) is 4.78. The SMILES string of the molecule is C[N+](C)(C)CCOCCOCCOCCN=[N+]=[N-]. The molecule has 7 heteroatoms. The third-order valence-corrected chi connectivity index (χ3v) is 2.05. The monoisotopic (exact) mass is 261 g/mol. The molecule has 0 unspecified atom stereocenters. The van der Waals surface area contributed by atoms with Crippen molar-refractivity contribution in [2.75, 3.05) is 73.9 Å². The van der Waals surface area contributed by atoms with Crippen molar-refractivity contribution >= 4 is 0 Å². The number of hydrogen-bond acceptors (Lipinski definition) is 4. The van der Waals surface area contributed by atoms with E-state index in [1.165, 1.54) is 0 Å². The number of rotatable bonds is 12. The molecule has 0 aliphatic carbocycles. The molecule has 0 rings (SSSR count). The second kappa shape index (κ2) is 11.3. The topological polar surface area (TPSA) is 76.5 Å². The summed E-state index contributed by atoms with van der Waals surface area (Å²) in [7, 11) is 6.40. The van der Waals surface area contributed by atoms with E-state index in [9.17, 15) is 0 Å². The van der Waals surface area contributed by atoms with Crippen molar-refractivity contribution in [3.8, 4) is 0 Å². The number of likely N-dealkylation sites (N-methyl/N-ethyl adjacent to an activating group) is 1. The number of azide groups is 1. The van der Waals surface area contributed by atoms with E-state index < -0.39 is 0 Å². The first-order valence-corrected chi connectivity index (χ1v) is 6.11. The van der Waals surface area contributed by atoms with E-state index in [1.807, 2.05) is 0 Å². The van der Waals surface area contributed by atoms with Crippen molar-refractivity contribution in [3.05, 3.63) is 10.4 Å². The summed E-state index contributed by atoms with van der Waals surface area (Å²) in [5.74, 6) is 0. The van der Waals surface area contributed by atoms with Gasteiger partial charge in [-0.3, -0.25) is 0 Å². The van der Waals surface area contributed by atoms with Crippen LogP contribution in [0.3, 0.4) is 0 Å². The normalized spacial score (nSPS) is 11.3. The molecule has 0 amide bonds. The van der Waals surface area contributed by atoms with Gasteiger partial charge < -0.3 is 18.7 Å². The first kappa shape index (κ1) is 17.2. The lowest BCUT2D eigenvalue weighted by molar-refractivity contribution is -0.870. The molecule has 0 radical (unpaired) electrons. The van der Waals surface area contributed by atoms with E-state index >= 15 is 0 Å². The Morgan fingerprint density at radius 3 is 1.89 bits per heavy atom. The first-order chi connectivity index (χ1) is 8.56. The Labute approximate surface area is 109 Å². The molecule has 0 bridgehead atoms. The molecule has 0 N–H and O–H groups in total. The van der Waals surface area contributed by atoms with Crippen LogP contribution in [0, 0.1) is 0 Å². The van der Waals surface area contributed by atoms with E-state index in [0.29, 0.717) is 39.6 Å². The Balaban J connectivity index is 3.05. The second-order valence-electron chi connectivity index (χ2n) is 4.81. The van der Waals surface area contributed by atoms with Crippen LogP contribution in [-0.2, 0) is 14.2 Å². The molecule has 0 saturated carbocycles. The smallest absolute Gasteiger partial charge is 0.102 e. The lowest BCUT2D eigenvalue weighted by Gasteiger charge is -2.23. The highest BCUT2D eigenvalue weighted by molar-refractivity contribution is 4.44. The predicted molar refractivity (Wildman–Crippen MR) is 69.4 cm³/mol. The summed E-state index contributed by atoms with van der Waals surface area (Å²) in [6.07, 6.45) is 0. The van der Waals surface area contributed by atoms with Crippen molar-refractivity contribution in [1.82, 2.24) is 0 Å². The van der Waals surface area contributed by atoms with Crippen LogP contribution < -0.4 is 0 Å². The van der Waals surface area contributed by atoms with Gasteiger partial charge in [-0.2, -0.15) is 0 Å². The third-order valence-electron chi connectivity index (χ3n) is 2.05. The molecular formula is C11H25N4O3+. The zero-order valence-electron chi connectivity index (χ0n) is 11.7. The molecule has 18 heavy (non-hydrogen) atoms. The maximum Gasteiger partial charge on any atom is 0.102 e. The first-order valence-electron chi connectivity index (χ1n) is 6.11. The fraction of sp³-hybridized carbons (Fsp3) is 1.00. The summed E-state index contributed by atoms with van der Waals surface area (Å²) in [4.78, 5) is 2.62. The average Bonchev–Trinajstić information content (AvgIpc) is 2.29. The van der Waals surface area contributed by atoms with Gasteiger partial charge in [-0.05, 0) is 5.53 Å². The molecule has 0 aromatic carbocycles. The predicted octanol–water partition coefficient (Wildman–Crippen LogP) is 1.05. The van der Waals surface area contributed by atoms with Gasteiger partial charge in [-0.1, -0.05) is 5.11 Å². The van der Waals surface area contributed by atoms with Crippen molar-refractivity contribution in [2.24, 2.45) is 5.11 Å². The fourth-order valence-corrected chi connectivity index (χ4v) is 1.03. The van der Waals surface area contributed by atoms with E-state index in [0.717, 1.165) is 17.6 Å². The van der Waals surface area contributed by atoms with Gasteiger partial charge in [0.25, 0.3) is 0 Å². The van der Waals surface area contributed by atoms with Gasteiger partial charge in [-0.25, -0.2) is 0 Å². The highest BCUT2D eigenvalue weighted by atomic mass is 16.5. The molecule has 0 aliphatic rings. The molecule has 106 valence electrons. The highest BCUT2D eigenvalue weighted by Crippen LogP contribution is 1.89. The molecule has 7 nitrogen and oxygen atoms in total. The summed E-state index contributed by atoms with van der Waals surface area (Å²) >= 11 is 0. The van der Waals surface area contributed by atoms with Gasteiger partial charge in [0.15, 0.2) is 0 Å². The zero-order chi connectivity index (χ0) is 13.7. The lowest BCUT2D eigenvalue weighted by atomic mass is 10.5. The fourth-order valence-electron chi connectivity index (χ4n) is 1.03. The number of ether oxygens (including phenoxy) is 3. The van der Waals surface area contributed by atoms with E-state index in [1.54, 1.807) is 0 Å². The Bertz CT molecular complexity index is 237. The van der Waals surface area contributed by atoms with Gasteiger partial charge in [0.05, 0.1) is 60.8 Å². The van der Waals surface area contributed by atoms with Crippen LogP contribution in [0.2, 0.25) is 0 Å². The molecule has 0 aliphatic heterocycles. The Morgan fingerprint density at radius 1 is 0.889 bits per heavy atom. The second-order valence-corrected chi connectivity index (χ2v) is 4.81. The van der Waals surface area contributed by atoms with Crippen LogP contribution in [-0.4, -0.2) is 78.4 Å². The quantitative estimate of drug-likeness (QED) is 0.173. The molecule has 0 aromatic heterocycles. The molecule has 0 aromatic rings. The zero-order valence-corrected chi connectivity index (χ0v) is 11.7. The van der Waals surface area contributed by atoms with E-state index in [-0.39, 0.29) is 0 Å². The molecular weight excluding hydrogens is 236 g/mol. The summed E-state index contributed by atoms with van der Waals surface area (Å²) in [5, 5.41) is 3.35. The van der Waals surface area contributed by atoms with Crippen LogP contribution in [0.15, 0.2) is 5.11 Å². The standard InChI is InChI=1S/C11H25N4O3/c1-15(2,3)5-7-17-9-11-18-10-8-16-6-4-13-14-12/h4-11H2,1-3H3/q+1. The van der Waals surface area contributed by atoms with Crippen LogP contribution in [0.1, 0.15) is 0 Å². The van der Waals surface area contributed by atoms with Crippen molar-refractivity contribution < 1.29 is 18.7 Å². The van der Waals surface area contributed by atoms with Gasteiger partial charge in [0.1, 0.15) is 6.54 Å². The maximum atomic E-state index is 8.02. The van der Waals surface area contributed by atoms with E-state index in [4.69, 9.17) is 19.7 Å². The van der Waals surface area contributed by atoms with Gasteiger partial charge in [0.2, 0.25) is 0 Å². The molecule has 0 saturated heterocycles. The minimum Gasteiger partial charge on any atom is -0.379 e. The summed E-state index contributed by atoms with van der Waals surface area (Å²) < 4.78 is 16.8. The van der Waals surface area contributed by atoms with Crippen LogP contribution in [0.5, 0.6) is 0 Å². The van der Waals surface area contributed by atoms with Crippen LogP contribution in [0.4, 0.5) is 0 Å². The summed E-state index contributed by atoms with van der Waals surface area (Å²) in [5.41, 5.74) is 8.02. The third kappa shape index (κ3) is 15.1. The van der Waals surface area contributed by atoms with Crippen molar-refractivity contribution in [3.63, 3.8) is 0 Å². The average molecular weight is 261 g/mol. The molecule has 0 spiro atoms. The minimum atomic E-state index is 0.366. The number of quaternary nitrogens is 1. The molecule has 0 fully saturated rings. The van der Waals surface area contributed by atoms with Gasteiger partial charge >= 0.3 is 0 Å². The Kier molecular flexibility index (Phi) is 10.7. The largest absolute Gasteiger partial charge is 0.379 e. The highest BCUT2D eigenvalue weighted by Gasteiger charge is 2.05. The molecule has 0 atom stereocenters. The summed E-state index contributed by atoms with van der Waals surface area (Å²) in [6, 6.07) is 0. The van der Waals surface area contributed by atoms with Gasteiger partial charge in [-0.15, -0.1) is 0 Å².